The molecule has 0 aliphatic heterocycles. The van der Waals surface area contributed by atoms with Crippen molar-refractivity contribution in [2.24, 2.45) is 0 Å². The second-order valence-corrected chi connectivity index (χ2v) is 7.70. The Morgan fingerprint density at radius 3 is 1.41 bits per heavy atom. The monoisotopic (exact) mass is 432 g/mol. The van der Waals surface area contributed by atoms with Gasteiger partial charge < -0.3 is 20.4 Å². The van der Waals surface area contributed by atoms with E-state index in [0.29, 0.717) is 24.2 Å². The van der Waals surface area contributed by atoms with Gasteiger partial charge in [0.05, 0.1) is 0 Å². The summed E-state index contributed by atoms with van der Waals surface area (Å²) >= 11 is 0. The summed E-state index contributed by atoms with van der Waals surface area (Å²) in [5, 5.41) is 5.81. The molecule has 0 saturated heterocycles. The summed E-state index contributed by atoms with van der Waals surface area (Å²) in [6, 6.07) is 14.1. The first-order valence-electron chi connectivity index (χ1n) is 10.3. The van der Waals surface area contributed by atoms with Gasteiger partial charge in [0.15, 0.2) is 0 Å². The zero-order valence-corrected chi connectivity index (χ0v) is 18.8. The van der Waals surface area contributed by atoms with E-state index < -0.39 is 0 Å². The number of carbonyl (C=O) groups is 2. The van der Waals surface area contributed by atoms with Crippen LogP contribution < -0.4 is 20.4 Å². The van der Waals surface area contributed by atoms with Gasteiger partial charge in [-0.3, -0.25) is 9.59 Å². The molecule has 2 aromatic heterocycles. The van der Waals surface area contributed by atoms with Gasteiger partial charge in [0, 0.05) is 75.9 Å². The van der Waals surface area contributed by atoms with Crippen molar-refractivity contribution in [2.75, 3.05) is 38.0 Å². The molecule has 0 spiro atoms. The Morgan fingerprint density at radius 2 is 1.06 bits per heavy atom. The Morgan fingerprint density at radius 1 is 0.688 bits per heavy atom. The highest BCUT2D eigenvalue weighted by Gasteiger charge is 2.12. The van der Waals surface area contributed by atoms with E-state index in [1.165, 1.54) is 0 Å². The molecule has 0 fully saturated rings. The molecule has 2 N–H and O–H groups in total. The fourth-order valence-corrected chi connectivity index (χ4v) is 3.27. The number of hydrogen-bond donors (Lipinski definition) is 2. The maximum absolute atomic E-state index is 12.5. The predicted octanol–water partition coefficient (Wildman–Crippen LogP) is 2.47. The molecule has 2 heterocycles. The molecule has 2 amide bonds. The van der Waals surface area contributed by atoms with Gasteiger partial charge in [-0.25, -0.2) is 9.97 Å². The van der Waals surface area contributed by atoms with Gasteiger partial charge in [0.25, 0.3) is 11.8 Å². The van der Waals surface area contributed by atoms with Crippen molar-refractivity contribution in [3.63, 3.8) is 0 Å². The van der Waals surface area contributed by atoms with E-state index in [4.69, 9.17) is 0 Å². The lowest BCUT2D eigenvalue weighted by atomic mass is 10.1. The van der Waals surface area contributed by atoms with E-state index >= 15 is 0 Å². The van der Waals surface area contributed by atoms with E-state index in [0.717, 1.165) is 22.8 Å². The van der Waals surface area contributed by atoms with Crippen molar-refractivity contribution in [3.05, 3.63) is 83.2 Å². The quantitative estimate of drug-likeness (QED) is 0.568. The molecule has 8 nitrogen and oxygen atoms in total. The van der Waals surface area contributed by atoms with Gasteiger partial charge >= 0.3 is 0 Å². The minimum atomic E-state index is -0.212. The van der Waals surface area contributed by atoms with E-state index in [2.05, 4.69) is 20.6 Å². The second kappa shape index (κ2) is 10.4. The molecule has 0 atom stereocenters. The number of pyridine rings is 2. The third-order valence-electron chi connectivity index (χ3n) is 4.87. The Kier molecular flexibility index (Phi) is 7.38. The summed E-state index contributed by atoms with van der Waals surface area (Å²) in [6.07, 6.45) is 3.44. The van der Waals surface area contributed by atoms with Gasteiger partial charge in [-0.05, 0) is 36.4 Å². The van der Waals surface area contributed by atoms with Crippen molar-refractivity contribution in [1.82, 2.24) is 20.6 Å². The number of amides is 2. The molecule has 0 saturated carbocycles. The van der Waals surface area contributed by atoms with Crippen LogP contribution in [0.15, 0.2) is 60.9 Å². The average Bonchev–Trinajstić information content (AvgIpc) is 2.81. The lowest BCUT2D eigenvalue weighted by Gasteiger charge is -2.16. The first-order valence-corrected chi connectivity index (χ1v) is 10.3. The van der Waals surface area contributed by atoms with Gasteiger partial charge in [-0.2, -0.15) is 0 Å². The number of anilines is 2. The van der Waals surface area contributed by atoms with Crippen LogP contribution in [-0.4, -0.2) is 50.0 Å². The fraction of sp³-hybridized carbons (Fsp3) is 0.250. The smallest absolute Gasteiger partial charge is 0.251 e. The van der Waals surface area contributed by atoms with Crippen molar-refractivity contribution in [3.8, 4) is 0 Å². The lowest BCUT2D eigenvalue weighted by molar-refractivity contribution is 0.0939. The predicted molar refractivity (Wildman–Crippen MR) is 126 cm³/mol. The summed E-state index contributed by atoms with van der Waals surface area (Å²) < 4.78 is 0. The van der Waals surface area contributed by atoms with Gasteiger partial charge in [-0.1, -0.05) is 12.1 Å². The summed E-state index contributed by atoms with van der Waals surface area (Å²) in [5.41, 5.74) is 2.82. The van der Waals surface area contributed by atoms with Gasteiger partial charge in [0.1, 0.15) is 11.6 Å². The molecule has 32 heavy (non-hydrogen) atoms. The molecule has 3 aromatic rings. The normalized spacial score (nSPS) is 10.4. The SMILES string of the molecule is CN(C)c1ncccc1CNC(=O)c1ccc(C(=O)NCc2cccnc2N(C)C)cc1. The van der Waals surface area contributed by atoms with Crippen LogP contribution in [0.2, 0.25) is 0 Å². The highest BCUT2D eigenvalue weighted by Crippen LogP contribution is 2.15. The van der Waals surface area contributed by atoms with Crippen molar-refractivity contribution < 1.29 is 9.59 Å². The molecular weight excluding hydrogens is 404 g/mol. The Labute approximate surface area is 188 Å². The number of nitrogens with one attached hydrogen (secondary N) is 2. The molecule has 0 aliphatic rings. The van der Waals surface area contributed by atoms with Crippen LogP contribution >= 0.6 is 0 Å². The maximum Gasteiger partial charge on any atom is 0.251 e. The summed E-state index contributed by atoms with van der Waals surface area (Å²) in [7, 11) is 7.64. The molecule has 166 valence electrons. The Hall–Kier alpha value is -3.94. The minimum absolute atomic E-state index is 0.212. The Balaban J connectivity index is 1.59. The van der Waals surface area contributed by atoms with Crippen LogP contribution in [0.1, 0.15) is 31.8 Å². The van der Waals surface area contributed by atoms with Crippen LogP contribution in [0.4, 0.5) is 11.6 Å². The van der Waals surface area contributed by atoms with Crippen molar-refractivity contribution >= 4 is 23.5 Å². The summed E-state index contributed by atoms with van der Waals surface area (Å²) in [5.74, 6) is 1.20. The second-order valence-electron chi connectivity index (χ2n) is 7.70. The molecule has 0 aliphatic carbocycles. The van der Waals surface area contributed by atoms with Crippen molar-refractivity contribution in [1.29, 1.82) is 0 Å². The van der Waals surface area contributed by atoms with Crippen LogP contribution in [0.25, 0.3) is 0 Å². The van der Waals surface area contributed by atoms with Crippen LogP contribution in [-0.2, 0) is 13.1 Å². The van der Waals surface area contributed by atoms with E-state index in [1.54, 1.807) is 36.7 Å². The molecule has 0 radical (unpaired) electrons. The molecule has 0 unspecified atom stereocenters. The van der Waals surface area contributed by atoms with Crippen LogP contribution in [0.5, 0.6) is 0 Å². The zero-order valence-electron chi connectivity index (χ0n) is 18.8. The molecule has 3 rings (SSSR count). The number of nitrogens with zero attached hydrogens (tertiary/aromatic N) is 4. The fourth-order valence-electron chi connectivity index (χ4n) is 3.27. The first kappa shape index (κ1) is 22.7. The number of benzene rings is 1. The number of aromatic nitrogens is 2. The third kappa shape index (κ3) is 5.60. The lowest BCUT2D eigenvalue weighted by Crippen LogP contribution is -2.26. The summed E-state index contributed by atoms with van der Waals surface area (Å²) in [6.45, 7) is 0.726. The van der Waals surface area contributed by atoms with Crippen LogP contribution in [0.3, 0.4) is 0 Å². The first-order chi connectivity index (χ1) is 15.4. The largest absolute Gasteiger partial charge is 0.362 e. The standard InChI is InChI=1S/C24H28N6O2/c1-29(2)21-19(7-5-13-25-21)15-27-23(31)17-9-11-18(12-10-17)24(32)28-16-20-8-6-14-26-22(20)30(3)4/h5-14H,15-16H2,1-4H3,(H,27,31)(H,28,32). The zero-order chi connectivity index (χ0) is 23.1. The average molecular weight is 433 g/mol. The minimum Gasteiger partial charge on any atom is -0.362 e. The highest BCUT2D eigenvalue weighted by molar-refractivity contribution is 5.97. The molecule has 1 aromatic carbocycles. The number of rotatable bonds is 8. The Bertz CT molecular complexity index is 993. The summed E-state index contributed by atoms with van der Waals surface area (Å²) in [4.78, 5) is 37.6. The van der Waals surface area contributed by atoms with Crippen molar-refractivity contribution in [2.45, 2.75) is 13.1 Å². The van der Waals surface area contributed by atoms with E-state index in [1.807, 2.05) is 62.3 Å². The molecular formula is C24H28N6O2. The third-order valence-corrected chi connectivity index (χ3v) is 4.87. The van der Waals surface area contributed by atoms with Crippen LogP contribution in [0, 0.1) is 0 Å². The topological polar surface area (TPSA) is 90.5 Å². The van der Waals surface area contributed by atoms with E-state index in [9.17, 15) is 9.59 Å². The van der Waals surface area contributed by atoms with Gasteiger partial charge in [0.2, 0.25) is 0 Å². The maximum atomic E-state index is 12.5. The highest BCUT2D eigenvalue weighted by atomic mass is 16.2. The number of carbonyl (C=O) groups excluding carboxylic acids is 2. The molecule has 0 bridgehead atoms. The number of hydrogen-bond acceptors (Lipinski definition) is 6. The molecule has 8 heteroatoms. The van der Waals surface area contributed by atoms with E-state index in [-0.39, 0.29) is 11.8 Å². The van der Waals surface area contributed by atoms with Gasteiger partial charge in [-0.15, -0.1) is 0 Å².